The van der Waals surface area contributed by atoms with Gasteiger partial charge in [0, 0.05) is 24.3 Å². The molecule has 1 N–H and O–H groups in total. The summed E-state index contributed by atoms with van der Waals surface area (Å²) < 4.78 is 0. The smallest absolute Gasteiger partial charge is 0.145 e. The molecule has 90 valence electrons. The van der Waals surface area contributed by atoms with Gasteiger partial charge in [0.05, 0.1) is 21.9 Å². The average Bonchev–Trinajstić information content (AvgIpc) is 2.35. The van der Waals surface area contributed by atoms with Crippen LogP contribution in [0.1, 0.15) is 5.69 Å². The van der Waals surface area contributed by atoms with Crippen molar-refractivity contribution in [3.05, 3.63) is 35.4 Å². The second kappa shape index (κ2) is 5.33. The van der Waals surface area contributed by atoms with Crippen molar-refractivity contribution in [3.63, 3.8) is 0 Å². The Labute approximate surface area is 109 Å². The highest BCUT2D eigenvalue weighted by Crippen LogP contribution is 2.34. The Morgan fingerprint density at radius 2 is 2.06 bits per heavy atom. The average molecular weight is 269 g/mol. The molecule has 6 heteroatoms. The summed E-state index contributed by atoms with van der Waals surface area (Å²) in [5, 5.41) is 4.53. The van der Waals surface area contributed by atoms with Crippen LogP contribution in [0.5, 0.6) is 0 Å². The van der Waals surface area contributed by atoms with E-state index in [1.165, 1.54) is 0 Å². The second-order valence-corrected chi connectivity index (χ2v) is 5.12. The van der Waals surface area contributed by atoms with E-state index in [1.807, 2.05) is 13.0 Å². The Bertz CT molecular complexity index is 515. The van der Waals surface area contributed by atoms with Crippen molar-refractivity contribution < 1.29 is 0 Å². The van der Waals surface area contributed by atoms with Crippen LogP contribution >= 0.6 is 23.4 Å². The van der Waals surface area contributed by atoms with E-state index in [4.69, 9.17) is 11.6 Å². The first-order valence-electron chi connectivity index (χ1n) is 5.08. The van der Waals surface area contributed by atoms with E-state index in [0.29, 0.717) is 22.6 Å². The molecule has 0 atom stereocenters. The Morgan fingerprint density at radius 3 is 2.71 bits per heavy atom. The van der Waals surface area contributed by atoms with Gasteiger partial charge in [-0.2, -0.15) is 11.8 Å². The van der Waals surface area contributed by atoms with Crippen molar-refractivity contribution in [2.75, 3.05) is 12.4 Å². The zero-order valence-corrected chi connectivity index (χ0v) is 11.3. The summed E-state index contributed by atoms with van der Waals surface area (Å²) in [6, 6.07) is 1.91. The number of rotatable bonds is 3. The van der Waals surface area contributed by atoms with Gasteiger partial charge in [0.1, 0.15) is 5.82 Å². The number of hydrogen-bond donors (Lipinski definition) is 1. The van der Waals surface area contributed by atoms with Crippen LogP contribution in [0, 0.1) is 6.92 Å². The van der Waals surface area contributed by atoms with E-state index in [1.54, 1.807) is 25.6 Å². The van der Waals surface area contributed by atoms with Gasteiger partial charge in [-0.05, 0) is 13.0 Å². The number of nitrogens with one attached hydrogen (secondary N) is 1. The maximum absolute atomic E-state index is 6.22. The van der Waals surface area contributed by atoms with E-state index < -0.39 is 0 Å². The van der Waals surface area contributed by atoms with Gasteiger partial charge in [0.15, 0.2) is 0 Å². The fourth-order valence-electron chi connectivity index (χ4n) is 1.31. The third-order valence-corrected chi connectivity index (χ3v) is 3.91. The number of halogens is 1. The minimum absolute atomic E-state index is 0.386. The van der Waals surface area contributed by atoms with Crippen LogP contribution in [-0.4, -0.2) is 22.0 Å². The van der Waals surface area contributed by atoms with Crippen molar-refractivity contribution in [1.29, 1.82) is 0 Å². The number of pyridine rings is 1. The molecule has 2 aromatic heterocycles. The lowest BCUT2D eigenvalue weighted by molar-refractivity contribution is 1.01. The van der Waals surface area contributed by atoms with Gasteiger partial charge in [-0.1, -0.05) is 11.6 Å². The monoisotopic (exact) mass is 268 g/mol. The highest BCUT2D eigenvalue weighted by atomic mass is 35.5. The maximum Gasteiger partial charge on any atom is 0.145 e. The van der Waals surface area contributed by atoms with Crippen LogP contribution in [-0.2, 0) is 0 Å². The first-order valence-corrected chi connectivity index (χ1v) is 6.46. The highest BCUT2D eigenvalue weighted by Gasteiger charge is 2.06. The molecule has 0 bridgehead atoms. The normalized spacial score (nSPS) is 11.5. The summed E-state index contributed by atoms with van der Waals surface area (Å²) >= 11 is 6.61. The van der Waals surface area contributed by atoms with Gasteiger partial charge >= 0.3 is 0 Å². The topological polar surface area (TPSA) is 50.7 Å². The molecular weight excluding hydrogens is 256 g/mol. The third-order valence-electron chi connectivity index (χ3n) is 2.17. The molecule has 0 saturated heterocycles. The van der Waals surface area contributed by atoms with Crippen LogP contribution in [0.4, 0.5) is 5.82 Å². The molecule has 2 rings (SSSR count). The van der Waals surface area contributed by atoms with Gasteiger partial charge < -0.3 is 5.32 Å². The number of hydrogen-bond acceptors (Lipinski definition) is 4. The van der Waals surface area contributed by atoms with Crippen LogP contribution in [0.15, 0.2) is 34.6 Å². The van der Waals surface area contributed by atoms with Crippen molar-refractivity contribution >= 4 is 29.2 Å². The van der Waals surface area contributed by atoms with Gasteiger partial charge in [-0.3, -0.25) is 4.98 Å². The molecule has 2 heterocycles. The highest BCUT2D eigenvalue weighted by molar-refractivity contribution is 7.99. The lowest BCUT2D eigenvalue weighted by Crippen LogP contribution is -1.94. The molecule has 0 aliphatic rings. The molecule has 0 unspecified atom stereocenters. The minimum Gasteiger partial charge on any atom is -0.372 e. The summed E-state index contributed by atoms with van der Waals surface area (Å²) in [4.78, 5) is 13.7. The molecular formula is C11H13ClN4S. The van der Waals surface area contributed by atoms with Crippen LogP contribution in [0.3, 0.4) is 0 Å². The van der Waals surface area contributed by atoms with E-state index in [2.05, 4.69) is 20.3 Å². The zero-order chi connectivity index (χ0) is 12.3. The van der Waals surface area contributed by atoms with E-state index in [-0.39, 0.29) is 0 Å². The first-order chi connectivity index (χ1) is 8.20. The van der Waals surface area contributed by atoms with Gasteiger partial charge in [-0.25, -0.2) is 9.97 Å². The molecule has 0 spiro atoms. The van der Waals surface area contributed by atoms with Crippen molar-refractivity contribution in [1.82, 2.24) is 15.0 Å². The predicted octanol–water partition coefficient (Wildman–Crippen LogP) is 2.49. The minimum atomic E-state index is 0.386. The van der Waals surface area contributed by atoms with Gasteiger partial charge in [-0.15, -0.1) is 0 Å². The van der Waals surface area contributed by atoms with Gasteiger partial charge in [0.25, 0.3) is 0 Å². The Hall–Kier alpha value is -1.33. The fraction of sp³-hybridized carbons (Fsp3) is 0.182. The molecule has 0 amide bonds. The van der Waals surface area contributed by atoms with Crippen molar-refractivity contribution in [2.45, 2.75) is 16.8 Å². The number of aryl methyl sites for hydroxylation is 1. The van der Waals surface area contributed by atoms with E-state index in [0.717, 1.165) is 15.6 Å². The molecule has 0 saturated carbocycles. The quantitative estimate of drug-likeness (QED) is 0.929. The number of aromatic nitrogens is 3. The zero-order valence-electron chi connectivity index (χ0n) is 9.53. The molecule has 0 aromatic carbocycles. The lowest BCUT2D eigenvalue weighted by atomic mass is 10.4. The molecule has 0 aliphatic carbocycles. The molecule has 0 fully saturated rings. The molecule has 2 aromatic rings. The summed E-state index contributed by atoms with van der Waals surface area (Å²) in [5.74, 6) is 0.691. The predicted molar refractivity (Wildman–Crippen MR) is 72.5 cm³/mol. The van der Waals surface area contributed by atoms with Gasteiger partial charge in [0.2, 0.25) is 0 Å². The SMILES string of the molecule is CNc1nccc([SH2]c2cnc(C)cn2)c1Cl. The summed E-state index contributed by atoms with van der Waals surface area (Å²) in [7, 11) is 1.80. The summed E-state index contributed by atoms with van der Waals surface area (Å²) in [6.45, 7) is 1.92. The number of nitrogens with zero attached hydrogens (tertiary/aromatic N) is 3. The van der Waals surface area contributed by atoms with E-state index in [9.17, 15) is 0 Å². The largest absolute Gasteiger partial charge is 0.372 e. The molecule has 0 aliphatic heterocycles. The van der Waals surface area contributed by atoms with E-state index >= 15 is 0 Å². The first kappa shape index (κ1) is 12.1. The molecule has 4 nitrogen and oxygen atoms in total. The second-order valence-electron chi connectivity index (χ2n) is 3.44. The van der Waals surface area contributed by atoms with Crippen LogP contribution in [0.2, 0.25) is 5.02 Å². The standard InChI is InChI=1S/C11H13ClN4S/c1-7-5-16-9(6-15-7)17-8-3-4-14-11(13-2)10(8)12/h3-6H,17H2,1-2H3,(H,13,14). The summed E-state index contributed by atoms with van der Waals surface area (Å²) in [6.07, 6.45) is 5.28. The van der Waals surface area contributed by atoms with Crippen molar-refractivity contribution in [2.24, 2.45) is 0 Å². The lowest BCUT2D eigenvalue weighted by Gasteiger charge is -2.09. The fourth-order valence-corrected chi connectivity index (χ4v) is 2.58. The number of anilines is 1. The van der Waals surface area contributed by atoms with Crippen molar-refractivity contribution in [3.8, 4) is 0 Å². The Balaban J connectivity index is 2.27. The third kappa shape index (κ3) is 2.87. The Kier molecular flexibility index (Phi) is 3.81. The van der Waals surface area contributed by atoms with Crippen LogP contribution < -0.4 is 5.32 Å². The summed E-state index contributed by atoms with van der Waals surface area (Å²) in [5.41, 5.74) is 0.912. The van der Waals surface area contributed by atoms with Crippen LogP contribution in [0.25, 0.3) is 0 Å². The Morgan fingerprint density at radius 1 is 1.24 bits per heavy atom. The molecule has 0 radical (unpaired) electrons. The maximum atomic E-state index is 6.22. The molecule has 17 heavy (non-hydrogen) atoms.